The molecule has 6 rings (SSSR count). The molecule has 3 fully saturated rings. The van der Waals surface area contributed by atoms with Crippen molar-refractivity contribution in [2.45, 2.75) is 74.1 Å². The van der Waals surface area contributed by atoms with Gasteiger partial charge in [-0.3, -0.25) is 9.69 Å². The summed E-state index contributed by atoms with van der Waals surface area (Å²) in [4.78, 5) is 28.7. The second-order valence-electron chi connectivity index (χ2n) is 11.1. The summed E-state index contributed by atoms with van der Waals surface area (Å²) in [6, 6.07) is 3.37. The number of carbonyl (C=O) groups excluding carboxylic acids is 2. The summed E-state index contributed by atoms with van der Waals surface area (Å²) in [5, 5.41) is 23.4. The van der Waals surface area contributed by atoms with Crippen LogP contribution in [-0.4, -0.2) is 82.9 Å². The van der Waals surface area contributed by atoms with Gasteiger partial charge in [-0.05, 0) is 69.0 Å². The Labute approximate surface area is 205 Å². The molecule has 1 saturated heterocycles. The molecule has 3 unspecified atom stereocenters. The van der Waals surface area contributed by atoms with Gasteiger partial charge in [0.25, 0.3) is 0 Å². The van der Waals surface area contributed by atoms with E-state index in [0.29, 0.717) is 18.6 Å². The number of hydrogen-bond acceptors (Lipinski definition) is 7. The number of likely N-dealkylation sites (N-methyl/N-ethyl adjacent to an activating group) is 1. The lowest BCUT2D eigenvalue weighted by Gasteiger charge is -2.60. The van der Waals surface area contributed by atoms with E-state index in [2.05, 4.69) is 9.64 Å². The summed E-state index contributed by atoms with van der Waals surface area (Å²) in [6.07, 6.45) is 7.94. The van der Waals surface area contributed by atoms with Gasteiger partial charge < -0.3 is 24.6 Å². The molecule has 0 aromatic heterocycles. The van der Waals surface area contributed by atoms with E-state index in [1.54, 1.807) is 18.0 Å². The smallest absolute Gasteiger partial charge is 0.330 e. The van der Waals surface area contributed by atoms with E-state index in [4.69, 9.17) is 4.74 Å². The number of methoxy groups -OCH3 is 1. The second-order valence-corrected chi connectivity index (χ2v) is 11.1. The predicted molar refractivity (Wildman–Crippen MR) is 127 cm³/mol. The number of aromatic hydroxyl groups is 1. The zero-order valence-electron chi connectivity index (χ0n) is 20.4. The van der Waals surface area contributed by atoms with E-state index in [-0.39, 0.29) is 23.7 Å². The van der Waals surface area contributed by atoms with Gasteiger partial charge in [-0.15, -0.1) is 0 Å². The van der Waals surface area contributed by atoms with E-state index in [0.717, 1.165) is 55.5 Å². The Hall–Kier alpha value is -2.58. The fraction of sp³-hybridized carbons (Fsp3) is 0.630. The van der Waals surface area contributed by atoms with Gasteiger partial charge in [-0.25, -0.2) is 4.79 Å². The van der Waals surface area contributed by atoms with Crippen molar-refractivity contribution in [1.29, 1.82) is 0 Å². The number of benzene rings is 1. The van der Waals surface area contributed by atoms with Crippen LogP contribution in [0.1, 0.15) is 49.7 Å². The largest absolute Gasteiger partial charge is 0.504 e. The molecule has 5 atom stereocenters. The third-order valence-corrected chi connectivity index (χ3v) is 9.36. The first-order valence-corrected chi connectivity index (χ1v) is 12.8. The maximum atomic E-state index is 13.0. The van der Waals surface area contributed by atoms with Crippen LogP contribution in [0.25, 0.3) is 0 Å². The Kier molecular flexibility index (Phi) is 5.20. The van der Waals surface area contributed by atoms with Crippen LogP contribution >= 0.6 is 0 Å². The lowest BCUT2D eigenvalue weighted by Crippen LogP contribution is -2.74. The van der Waals surface area contributed by atoms with E-state index >= 15 is 0 Å². The van der Waals surface area contributed by atoms with Gasteiger partial charge in [0.05, 0.1) is 24.2 Å². The SMILES string of the molecule is COC(=O)/C=C\C(=O)N(C)[C@H]1CCC2(O)C3Cc4ccc(O)c5c4C2(CCCN3CC2CC2)[C@H]1O5. The third-order valence-electron chi connectivity index (χ3n) is 9.36. The van der Waals surface area contributed by atoms with Crippen LogP contribution in [0.15, 0.2) is 24.3 Å². The van der Waals surface area contributed by atoms with Crippen molar-refractivity contribution in [2.75, 3.05) is 27.2 Å². The maximum absolute atomic E-state index is 13.0. The Morgan fingerprint density at radius 3 is 2.80 bits per heavy atom. The van der Waals surface area contributed by atoms with Crippen molar-refractivity contribution < 1.29 is 29.3 Å². The number of esters is 1. The zero-order valence-corrected chi connectivity index (χ0v) is 20.4. The molecule has 1 amide bonds. The molecule has 3 aliphatic carbocycles. The molecule has 35 heavy (non-hydrogen) atoms. The normalized spacial score (nSPS) is 35.2. The molecule has 2 heterocycles. The number of carbonyl (C=O) groups is 2. The van der Waals surface area contributed by atoms with Crippen molar-refractivity contribution in [3.05, 3.63) is 35.4 Å². The summed E-state index contributed by atoms with van der Waals surface area (Å²) >= 11 is 0. The number of likely N-dealkylation sites (tertiary alicyclic amines) is 1. The molecule has 2 bridgehead atoms. The highest BCUT2D eigenvalue weighted by Gasteiger charge is 2.72. The molecule has 2 aliphatic heterocycles. The van der Waals surface area contributed by atoms with E-state index in [1.165, 1.54) is 26.0 Å². The number of rotatable bonds is 5. The molecule has 8 heteroatoms. The lowest BCUT2D eigenvalue weighted by molar-refractivity contribution is -0.170. The van der Waals surface area contributed by atoms with E-state index in [9.17, 15) is 19.8 Å². The summed E-state index contributed by atoms with van der Waals surface area (Å²) in [5.74, 6) is 0.380. The average molecular weight is 483 g/mol. The van der Waals surface area contributed by atoms with Crippen molar-refractivity contribution in [3.8, 4) is 11.5 Å². The molecule has 2 saturated carbocycles. The van der Waals surface area contributed by atoms with E-state index < -0.39 is 23.1 Å². The highest BCUT2D eigenvalue weighted by atomic mass is 16.5. The molecule has 2 N–H and O–H groups in total. The van der Waals surface area contributed by atoms with Crippen LogP contribution in [0.5, 0.6) is 11.5 Å². The zero-order chi connectivity index (χ0) is 24.5. The highest BCUT2D eigenvalue weighted by Crippen LogP contribution is 2.65. The second kappa shape index (κ2) is 7.96. The standard InChI is InChI=1S/C27H34N2O6/c1-28(21(31)8-9-22(32)34-2)18-10-12-27(33)20-14-17-6-7-19(30)24-23(17)26(27,25(18)35-24)11-3-13-29(20)15-16-4-5-16/h6-9,16,18,20,25,30,33H,3-5,10-15H2,1-2H3/b9-8-/t18-,20?,25-,26?,27?/m0/s1. The van der Waals surface area contributed by atoms with Crippen LogP contribution < -0.4 is 4.74 Å². The number of amides is 1. The summed E-state index contributed by atoms with van der Waals surface area (Å²) < 4.78 is 11.2. The molecule has 8 nitrogen and oxygen atoms in total. The minimum atomic E-state index is -1.00. The molecule has 1 aromatic rings. The fourth-order valence-corrected chi connectivity index (χ4v) is 7.58. The van der Waals surface area contributed by atoms with Crippen LogP contribution in [-0.2, 0) is 26.2 Å². The molecule has 5 aliphatic rings. The Bertz CT molecular complexity index is 1100. The molecule has 0 radical (unpaired) electrons. The molecule has 1 spiro atoms. The monoisotopic (exact) mass is 482 g/mol. The topological polar surface area (TPSA) is 99.5 Å². The van der Waals surface area contributed by atoms with Gasteiger partial charge in [0.2, 0.25) is 5.91 Å². The Morgan fingerprint density at radius 2 is 2.06 bits per heavy atom. The number of ether oxygens (including phenoxy) is 2. The summed E-state index contributed by atoms with van der Waals surface area (Å²) in [6.45, 7) is 1.96. The molecule has 1 aromatic carbocycles. The van der Waals surface area contributed by atoms with Crippen molar-refractivity contribution in [2.24, 2.45) is 5.92 Å². The number of hydrogen-bond donors (Lipinski definition) is 2. The first-order valence-electron chi connectivity index (χ1n) is 12.8. The van der Waals surface area contributed by atoms with Crippen molar-refractivity contribution in [1.82, 2.24) is 9.80 Å². The van der Waals surface area contributed by atoms with Gasteiger partial charge >= 0.3 is 5.97 Å². The van der Waals surface area contributed by atoms with Gasteiger partial charge in [-0.2, -0.15) is 0 Å². The van der Waals surface area contributed by atoms with E-state index in [1.807, 2.05) is 6.07 Å². The summed E-state index contributed by atoms with van der Waals surface area (Å²) in [7, 11) is 2.99. The van der Waals surface area contributed by atoms with Crippen molar-refractivity contribution in [3.63, 3.8) is 0 Å². The highest BCUT2D eigenvalue weighted by molar-refractivity contribution is 5.94. The Balaban J connectivity index is 1.43. The number of phenols is 1. The quantitative estimate of drug-likeness (QED) is 0.489. The van der Waals surface area contributed by atoms with Crippen LogP contribution in [0.3, 0.4) is 0 Å². The third kappa shape index (κ3) is 3.18. The Morgan fingerprint density at radius 1 is 1.26 bits per heavy atom. The molecular weight excluding hydrogens is 448 g/mol. The predicted octanol–water partition coefficient (Wildman–Crippen LogP) is 1.90. The van der Waals surface area contributed by atoms with Gasteiger partial charge in [0.15, 0.2) is 11.5 Å². The number of aliphatic hydroxyl groups is 1. The number of phenolic OH excluding ortho intramolecular Hbond substituents is 1. The van der Waals surface area contributed by atoms with Crippen molar-refractivity contribution >= 4 is 11.9 Å². The van der Waals surface area contributed by atoms with Crippen LogP contribution in [0, 0.1) is 5.92 Å². The fourth-order valence-electron chi connectivity index (χ4n) is 7.58. The lowest BCUT2D eigenvalue weighted by atomic mass is 9.50. The van der Waals surface area contributed by atoms with Gasteiger partial charge in [0, 0.05) is 37.3 Å². The van der Waals surface area contributed by atoms with Gasteiger partial charge in [-0.1, -0.05) is 6.07 Å². The number of nitrogens with zero attached hydrogens (tertiary/aromatic N) is 2. The van der Waals surface area contributed by atoms with Crippen LogP contribution in [0.2, 0.25) is 0 Å². The minimum Gasteiger partial charge on any atom is -0.504 e. The van der Waals surface area contributed by atoms with Gasteiger partial charge in [0.1, 0.15) is 6.10 Å². The molecule has 188 valence electrons. The minimum absolute atomic E-state index is 0.0131. The van der Waals surface area contributed by atoms with Crippen LogP contribution in [0.4, 0.5) is 0 Å². The first-order chi connectivity index (χ1) is 16.8. The molecular formula is C27H34N2O6. The summed E-state index contributed by atoms with van der Waals surface area (Å²) in [5.41, 5.74) is 0.390. The first kappa shape index (κ1) is 22.9. The average Bonchev–Trinajstić information content (AvgIpc) is 3.60. The maximum Gasteiger partial charge on any atom is 0.330 e.